The van der Waals surface area contributed by atoms with E-state index in [4.69, 9.17) is 10.2 Å². The quantitative estimate of drug-likeness (QED) is 0.668. The Morgan fingerprint density at radius 3 is 2.56 bits per heavy atom. The summed E-state index contributed by atoms with van der Waals surface area (Å²) in [6, 6.07) is 6.78. The third kappa shape index (κ3) is 2.05. The first-order valence-electron chi connectivity index (χ1n) is 4.42. The standard InChI is InChI=1S/C11H7Br2NO2/c12-6-1-2-7(9(14)5-6)10(15)11-8(13)3-4-16-11/h1-5H,14H2. The number of benzene rings is 1. The average Bonchev–Trinajstić information content (AvgIpc) is 2.63. The molecule has 1 aromatic carbocycles. The summed E-state index contributed by atoms with van der Waals surface area (Å²) in [7, 11) is 0. The van der Waals surface area contributed by atoms with Crippen molar-refractivity contribution >= 4 is 43.3 Å². The van der Waals surface area contributed by atoms with Crippen molar-refractivity contribution < 1.29 is 9.21 Å². The van der Waals surface area contributed by atoms with E-state index in [0.717, 1.165) is 4.47 Å². The smallest absolute Gasteiger partial charge is 0.231 e. The van der Waals surface area contributed by atoms with Crippen LogP contribution in [0.4, 0.5) is 5.69 Å². The monoisotopic (exact) mass is 343 g/mol. The van der Waals surface area contributed by atoms with Crippen molar-refractivity contribution in [2.24, 2.45) is 0 Å². The molecule has 0 spiro atoms. The van der Waals surface area contributed by atoms with E-state index in [2.05, 4.69) is 31.9 Å². The second-order valence-electron chi connectivity index (χ2n) is 3.16. The van der Waals surface area contributed by atoms with E-state index in [1.165, 1.54) is 6.26 Å². The van der Waals surface area contributed by atoms with Crippen LogP contribution in [-0.2, 0) is 0 Å². The van der Waals surface area contributed by atoms with E-state index in [1.807, 2.05) is 0 Å². The maximum atomic E-state index is 12.0. The molecule has 2 N–H and O–H groups in total. The average molecular weight is 345 g/mol. The second-order valence-corrected chi connectivity index (χ2v) is 4.93. The molecule has 0 bridgehead atoms. The third-order valence-electron chi connectivity index (χ3n) is 2.08. The van der Waals surface area contributed by atoms with Crippen molar-refractivity contribution in [3.8, 4) is 0 Å². The van der Waals surface area contributed by atoms with Gasteiger partial charge in [0.15, 0.2) is 5.76 Å². The first-order chi connectivity index (χ1) is 7.59. The van der Waals surface area contributed by atoms with Crippen molar-refractivity contribution in [1.82, 2.24) is 0 Å². The highest BCUT2D eigenvalue weighted by Crippen LogP contribution is 2.25. The normalized spacial score (nSPS) is 10.4. The van der Waals surface area contributed by atoms with Crippen molar-refractivity contribution in [2.75, 3.05) is 5.73 Å². The highest BCUT2D eigenvalue weighted by atomic mass is 79.9. The Balaban J connectivity index is 2.46. The zero-order valence-corrected chi connectivity index (χ0v) is 11.2. The zero-order chi connectivity index (χ0) is 11.7. The molecule has 0 unspecified atom stereocenters. The van der Waals surface area contributed by atoms with Crippen LogP contribution in [0.1, 0.15) is 16.1 Å². The van der Waals surface area contributed by atoms with Crippen LogP contribution in [0.3, 0.4) is 0 Å². The molecule has 3 nitrogen and oxygen atoms in total. The Labute approximate surface area is 109 Å². The summed E-state index contributed by atoms with van der Waals surface area (Å²) in [5, 5.41) is 0. The van der Waals surface area contributed by atoms with Gasteiger partial charge in [-0.15, -0.1) is 0 Å². The molecule has 0 saturated heterocycles. The van der Waals surface area contributed by atoms with Gasteiger partial charge in [0, 0.05) is 15.7 Å². The van der Waals surface area contributed by atoms with Gasteiger partial charge in [-0.25, -0.2) is 0 Å². The third-order valence-corrected chi connectivity index (χ3v) is 3.20. The fourth-order valence-corrected chi connectivity index (χ4v) is 2.08. The lowest BCUT2D eigenvalue weighted by Gasteiger charge is -2.03. The number of furan rings is 1. The topological polar surface area (TPSA) is 56.2 Å². The van der Waals surface area contributed by atoms with Gasteiger partial charge in [-0.1, -0.05) is 15.9 Å². The van der Waals surface area contributed by atoms with Crippen LogP contribution in [0, 0.1) is 0 Å². The summed E-state index contributed by atoms with van der Waals surface area (Å²) in [5.74, 6) is 0.0240. The summed E-state index contributed by atoms with van der Waals surface area (Å²) in [6.45, 7) is 0. The number of hydrogen-bond acceptors (Lipinski definition) is 3. The minimum Gasteiger partial charge on any atom is -0.460 e. The molecule has 2 rings (SSSR count). The molecule has 1 heterocycles. The Morgan fingerprint density at radius 2 is 2.00 bits per heavy atom. The number of rotatable bonds is 2. The van der Waals surface area contributed by atoms with Crippen molar-refractivity contribution in [2.45, 2.75) is 0 Å². The molecule has 0 atom stereocenters. The first kappa shape index (κ1) is 11.4. The van der Waals surface area contributed by atoms with Gasteiger partial charge < -0.3 is 10.2 Å². The van der Waals surface area contributed by atoms with Crippen LogP contribution in [0.25, 0.3) is 0 Å². The molecule has 1 aromatic heterocycles. The Morgan fingerprint density at radius 1 is 1.25 bits per heavy atom. The predicted octanol–water partition coefficient (Wildman–Crippen LogP) is 3.62. The number of nitrogens with two attached hydrogens (primary N) is 1. The zero-order valence-electron chi connectivity index (χ0n) is 8.04. The molecule has 0 fully saturated rings. The van der Waals surface area contributed by atoms with E-state index in [-0.39, 0.29) is 11.5 Å². The van der Waals surface area contributed by atoms with Crippen LogP contribution in [0.15, 0.2) is 43.9 Å². The largest absolute Gasteiger partial charge is 0.460 e. The maximum Gasteiger partial charge on any atom is 0.231 e. The van der Waals surface area contributed by atoms with Gasteiger partial charge in [-0.3, -0.25) is 4.79 Å². The van der Waals surface area contributed by atoms with E-state index >= 15 is 0 Å². The Kier molecular flexibility index (Phi) is 3.16. The SMILES string of the molecule is Nc1cc(Br)ccc1C(=O)c1occc1Br. The van der Waals surface area contributed by atoms with E-state index < -0.39 is 0 Å². The van der Waals surface area contributed by atoms with Crippen molar-refractivity contribution in [3.63, 3.8) is 0 Å². The molecule has 0 aliphatic heterocycles. The molecule has 0 radical (unpaired) electrons. The molecule has 0 aliphatic carbocycles. The molecular weight excluding hydrogens is 338 g/mol. The molecule has 82 valence electrons. The number of carbonyl (C=O) groups excluding carboxylic acids is 1. The van der Waals surface area contributed by atoms with Gasteiger partial charge >= 0.3 is 0 Å². The Bertz CT molecular complexity index is 549. The summed E-state index contributed by atoms with van der Waals surface area (Å²) < 4.78 is 6.56. The van der Waals surface area contributed by atoms with E-state index in [0.29, 0.717) is 15.7 Å². The van der Waals surface area contributed by atoms with Crippen LogP contribution < -0.4 is 5.73 Å². The Hall–Kier alpha value is -1.07. The lowest BCUT2D eigenvalue weighted by molar-refractivity contribution is 0.101. The van der Waals surface area contributed by atoms with Crippen LogP contribution >= 0.6 is 31.9 Å². The second kappa shape index (κ2) is 4.43. The summed E-state index contributed by atoms with van der Waals surface area (Å²) >= 11 is 6.52. The summed E-state index contributed by atoms with van der Waals surface area (Å²) in [4.78, 5) is 12.0. The predicted molar refractivity (Wildman–Crippen MR) is 68.4 cm³/mol. The fraction of sp³-hybridized carbons (Fsp3) is 0. The number of nitrogen functional groups attached to an aromatic ring is 1. The summed E-state index contributed by atoms with van der Waals surface area (Å²) in [6.07, 6.45) is 1.45. The van der Waals surface area contributed by atoms with E-state index in [1.54, 1.807) is 24.3 Å². The van der Waals surface area contributed by atoms with Gasteiger partial charge in [0.1, 0.15) is 0 Å². The first-order valence-corrected chi connectivity index (χ1v) is 6.01. The van der Waals surface area contributed by atoms with E-state index in [9.17, 15) is 4.79 Å². The molecule has 0 aliphatic rings. The van der Waals surface area contributed by atoms with Crippen molar-refractivity contribution in [1.29, 1.82) is 0 Å². The highest BCUT2D eigenvalue weighted by molar-refractivity contribution is 9.10. The van der Waals surface area contributed by atoms with Crippen LogP contribution in [-0.4, -0.2) is 5.78 Å². The molecule has 5 heteroatoms. The molecule has 16 heavy (non-hydrogen) atoms. The van der Waals surface area contributed by atoms with Crippen LogP contribution in [0.5, 0.6) is 0 Å². The number of ketones is 1. The lowest BCUT2D eigenvalue weighted by Crippen LogP contribution is -2.04. The van der Waals surface area contributed by atoms with Crippen molar-refractivity contribution in [3.05, 3.63) is 50.8 Å². The number of hydrogen-bond donors (Lipinski definition) is 1. The lowest BCUT2D eigenvalue weighted by atomic mass is 10.1. The summed E-state index contributed by atoms with van der Waals surface area (Å²) in [5.41, 5.74) is 6.62. The number of carbonyl (C=O) groups is 1. The minimum atomic E-state index is -0.234. The van der Waals surface area contributed by atoms with Crippen LogP contribution in [0.2, 0.25) is 0 Å². The molecular formula is C11H7Br2NO2. The van der Waals surface area contributed by atoms with Gasteiger partial charge in [-0.05, 0) is 40.2 Å². The highest BCUT2D eigenvalue weighted by Gasteiger charge is 2.18. The minimum absolute atomic E-state index is 0.234. The van der Waals surface area contributed by atoms with Gasteiger partial charge in [0.25, 0.3) is 0 Å². The molecule has 0 saturated carbocycles. The number of halogens is 2. The molecule has 0 amide bonds. The maximum absolute atomic E-state index is 12.0. The van der Waals surface area contributed by atoms with Gasteiger partial charge in [-0.2, -0.15) is 0 Å². The van der Waals surface area contributed by atoms with Gasteiger partial charge in [0.2, 0.25) is 5.78 Å². The fourth-order valence-electron chi connectivity index (χ4n) is 1.32. The van der Waals surface area contributed by atoms with Gasteiger partial charge in [0.05, 0.1) is 10.7 Å². The number of anilines is 1. The molecule has 2 aromatic rings.